The third-order valence-electron chi connectivity index (χ3n) is 9.32. The Morgan fingerprint density at radius 1 is 1.02 bits per heavy atom. The van der Waals surface area contributed by atoms with E-state index in [1.54, 1.807) is 27.7 Å². The van der Waals surface area contributed by atoms with Crippen molar-refractivity contribution in [3.05, 3.63) is 0 Å². The van der Waals surface area contributed by atoms with Crippen LogP contribution in [-0.2, 0) is 38.1 Å². The molecule has 2 saturated heterocycles. The smallest absolute Gasteiger partial charge is 0.316 e. The first-order chi connectivity index (χ1) is 19.8. The predicted molar refractivity (Wildman–Crippen MR) is 156 cm³/mol. The van der Waals surface area contributed by atoms with Crippen LogP contribution in [0.4, 0.5) is 0 Å². The van der Waals surface area contributed by atoms with Crippen molar-refractivity contribution >= 4 is 23.8 Å². The molecule has 2 aliphatic heterocycles. The molecule has 43 heavy (non-hydrogen) atoms. The highest BCUT2D eigenvalue weighted by molar-refractivity contribution is 6.00. The van der Waals surface area contributed by atoms with Crippen LogP contribution in [0.3, 0.4) is 0 Å². The monoisotopic (exact) mass is 615 g/mol. The van der Waals surface area contributed by atoms with E-state index in [2.05, 4.69) is 0 Å². The molecule has 0 spiro atoms. The van der Waals surface area contributed by atoms with Crippen molar-refractivity contribution in [1.82, 2.24) is 4.90 Å². The van der Waals surface area contributed by atoms with Crippen molar-refractivity contribution < 1.29 is 53.4 Å². The van der Waals surface area contributed by atoms with E-state index < -0.39 is 83.1 Å². The van der Waals surface area contributed by atoms with E-state index in [9.17, 15) is 34.5 Å². The first kappa shape index (κ1) is 37.4. The van der Waals surface area contributed by atoms with Crippen molar-refractivity contribution in [3.8, 4) is 0 Å². The van der Waals surface area contributed by atoms with E-state index in [0.717, 1.165) is 0 Å². The van der Waals surface area contributed by atoms with Gasteiger partial charge >= 0.3 is 5.97 Å². The number of esters is 1. The topological polar surface area (TPSA) is 169 Å². The van der Waals surface area contributed by atoms with E-state index in [1.807, 2.05) is 25.9 Å². The molecule has 2 rings (SSSR count). The summed E-state index contributed by atoms with van der Waals surface area (Å²) in [5.74, 6) is -6.12. The maximum Gasteiger partial charge on any atom is 0.316 e. The van der Waals surface area contributed by atoms with Gasteiger partial charge in [-0.05, 0) is 61.1 Å². The predicted octanol–water partition coefficient (Wildman–Crippen LogP) is 1.29. The second-order valence-electron chi connectivity index (χ2n) is 13.1. The molecule has 0 amide bonds. The molecular formula is C31H53NO11. The first-order valence-corrected chi connectivity index (χ1v) is 15.2. The van der Waals surface area contributed by atoms with Crippen molar-refractivity contribution in [2.24, 2.45) is 23.7 Å². The van der Waals surface area contributed by atoms with Gasteiger partial charge in [-0.25, -0.2) is 0 Å². The van der Waals surface area contributed by atoms with E-state index in [1.165, 1.54) is 20.8 Å². The van der Waals surface area contributed by atoms with Gasteiger partial charge in [-0.15, -0.1) is 0 Å². The highest BCUT2D eigenvalue weighted by Gasteiger charge is 2.52. The fourth-order valence-corrected chi connectivity index (χ4v) is 6.60. The average molecular weight is 616 g/mol. The van der Waals surface area contributed by atoms with Crippen LogP contribution < -0.4 is 0 Å². The summed E-state index contributed by atoms with van der Waals surface area (Å²) in [5.41, 5.74) is -3.47. The number of hydrogen-bond acceptors (Lipinski definition) is 12. The number of nitrogens with zero attached hydrogens (tertiary/aromatic N) is 1. The van der Waals surface area contributed by atoms with Crippen LogP contribution in [0.2, 0.25) is 0 Å². The van der Waals surface area contributed by atoms with Crippen molar-refractivity contribution in [1.29, 1.82) is 0 Å². The van der Waals surface area contributed by atoms with Crippen LogP contribution in [0, 0.1) is 23.7 Å². The van der Waals surface area contributed by atoms with Gasteiger partial charge in [0.15, 0.2) is 12.1 Å². The summed E-state index contributed by atoms with van der Waals surface area (Å²) >= 11 is 0. The minimum Gasteiger partial charge on any atom is -0.459 e. The van der Waals surface area contributed by atoms with Gasteiger partial charge in [0.05, 0.1) is 23.9 Å². The summed E-state index contributed by atoms with van der Waals surface area (Å²) in [4.78, 5) is 54.1. The molecule has 0 unspecified atom stereocenters. The third-order valence-corrected chi connectivity index (χ3v) is 9.32. The highest BCUT2D eigenvalue weighted by Crippen LogP contribution is 2.38. The molecule has 0 aliphatic carbocycles. The summed E-state index contributed by atoms with van der Waals surface area (Å²) in [6, 6.07) is -0.323. The summed E-state index contributed by atoms with van der Waals surface area (Å²) in [6.07, 6.45) is -5.45. The minimum atomic E-state index is -1.99. The molecule has 0 bridgehead atoms. The second kappa shape index (κ2) is 15.0. The van der Waals surface area contributed by atoms with E-state index in [4.69, 9.17) is 18.9 Å². The van der Waals surface area contributed by atoms with Crippen LogP contribution in [-0.4, -0.2) is 119 Å². The molecule has 0 radical (unpaired) electrons. The zero-order valence-electron chi connectivity index (χ0n) is 27.3. The third kappa shape index (κ3) is 8.27. The molecule has 13 atom stereocenters. The Labute approximate surface area is 255 Å². The number of ketones is 2. The van der Waals surface area contributed by atoms with Gasteiger partial charge < -0.3 is 44.0 Å². The number of aliphatic hydroxyl groups excluding tert-OH is 2. The number of hydrogen-bond donors (Lipinski definition) is 3. The van der Waals surface area contributed by atoms with E-state index >= 15 is 0 Å². The molecule has 12 nitrogen and oxygen atoms in total. The molecule has 0 saturated carbocycles. The Kier molecular flexibility index (Phi) is 13.0. The number of rotatable bonds is 7. The number of aldehydes is 1. The Morgan fingerprint density at radius 3 is 2.16 bits per heavy atom. The molecule has 2 fully saturated rings. The largest absolute Gasteiger partial charge is 0.459 e. The number of cyclic esters (lactones) is 1. The van der Waals surface area contributed by atoms with Crippen molar-refractivity contribution in [3.63, 3.8) is 0 Å². The van der Waals surface area contributed by atoms with Gasteiger partial charge in [0, 0.05) is 23.8 Å². The van der Waals surface area contributed by atoms with Crippen LogP contribution in [0.5, 0.6) is 0 Å². The lowest BCUT2D eigenvalue weighted by Gasteiger charge is -2.47. The Bertz CT molecular complexity index is 987. The standard InChI is InChI=1S/C31H53NO11/c1-11-22-31(8,39)26(37)18(4)23(34)16(2)15-30(7,40-13-12-33)27(19(5)24(35)20(6)28(38)42-22)43-29-25(36)21(32(9)10)14-17(3)41-29/h12,16-22,25-27,29,36-37,39H,11,13-15H2,1-10H3/t16-,17-,18+,19+,20-,21+,22-,25-,26-,27-,29+,30-,31-/m1/s1. The number of carbonyl (C=O) groups is 4. The molecule has 3 N–H and O–H groups in total. The second-order valence-corrected chi connectivity index (χ2v) is 13.1. The Balaban J connectivity index is 2.68. The molecule has 12 heteroatoms. The van der Waals surface area contributed by atoms with E-state index in [-0.39, 0.29) is 31.6 Å². The quantitative estimate of drug-likeness (QED) is 0.213. The van der Waals surface area contributed by atoms with Crippen LogP contribution in [0.25, 0.3) is 0 Å². The summed E-state index contributed by atoms with van der Waals surface area (Å²) in [5, 5.41) is 33.6. The SMILES string of the molecule is CC[C@H]1OC(=O)[C@H](C)C(=O)[C@H](C)[C@@H](O[C@@H]2O[C@H](C)C[C@H](N(C)C)[C@H]2O)[C@](C)(OCC=O)C[C@@H](C)C(=O)[C@H](C)[C@@H](O)[C@]1(C)O. The van der Waals surface area contributed by atoms with Crippen LogP contribution in [0.15, 0.2) is 0 Å². The van der Waals surface area contributed by atoms with Gasteiger partial charge in [-0.1, -0.05) is 27.7 Å². The number of likely N-dealkylation sites (N-methyl/N-ethyl adjacent to an activating group) is 1. The van der Waals surface area contributed by atoms with Crippen LogP contribution >= 0.6 is 0 Å². The lowest BCUT2D eigenvalue weighted by Crippen LogP contribution is -2.60. The molecule has 2 heterocycles. The fourth-order valence-electron chi connectivity index (χ4n) is 6.60. The van der Waals surface area contributed by atoms with Crippen LogP contribution in [0.1, 0.15) is 74.7 Å². The molecule has 0 aromatic carbocycles. The van der Waals surface area contributed by atoms with Gasteiger partial charge in [0.2, 0.25) is 0 Å². The summed E-state index contributed by atoms with van der Waals surface area (Å²) in [7, 11) is 3.65. The lowest BCUT2D eigenvalue weighted by molar-refractivity contribution is -0.296. The zero-order chi connectivity index (χ0) is 33.0. The average Bonchev–Trinajstić information content (AvgIpc) is 2.95. The molecule has 248 valence electrons. The maximum absolute atomic E-state index is 13.9. The number of carbonyl (C=O) groups excluding carboxylic acids is 4. The van der Waals surface area contributed by atoms with Crippen molar-refractivity contribution in [2.75, 3.05) is 20.7 Å². The van der Waals surface area contributed by atoms with E-state index in [0.29, 0.717) is 12.7 Å². The fraction of sp³-hybridized carbons (Fsp3) is 0.871. The number of aliphatic hydroxyl groups is 3. The summed E-state index contributed by atoms with van der Waals surface area (Å²) < 4.78 is 24.0. The molecular weight excluding hydrogens is 562 g/mol. The minimum absolute atomic E-state index is 0.0489. The highest BCUT2D eigenvalue weighted by atomic mass is 16.7. The zero-order valence-corrected chi connectivity index (χ0v) is 27.3. The number of Topliss-reactive ketones (excluding diaryl/α,β-unsaturated/α-hetero) is 2. The van der Waals surface area contributed by atoms with Crippen molar-refractivity contribution in [2.45, 2.75) is 129 Å². The lowest BCUT2D eigenvalue weighted by atomic mass is 9.74. The normalized spacial score (nSPS) is 44.1. The van der Waals surface area contributed by atoms with Gasteiger partial charge in [-0.2, -0.15) is 0 Å². The Hall–Kier alpha value is -1.80. The Morgan fingerprint density at radius 2 is 1.63 bits per heavy atom. The summed E-state index contributed by atoms with van der Waals surface area (Å²) in [6.45, 7) is 12.1. The first-order valence-electron chi connectivity index (χ1n) is 15.2. The molecule has 0 aromatic heterocycles. The van der Waals surface area contributed by atoms with Gasteiger partial charge in [0.1, 0.15) is 42.4 Å². The number of ether oxygens (including phenoxy) is 4. The van der Waals surface area contributed by atoms with Gasteiger partial charge in [-0.3, -0.25) is 14.4 Å². The van der Waals surface area contributed by atoms with Gasteiger partial charge in [0.25, 0.3) is 0 Å². The maximum atomic E-state index is 13.9. The molecule has 2 aliphatic rings. The molecule has 0 aromatic rings.